The highest BCUT2D eigenvalue weighted by Gasteiger charge is 2.04. The van der Waals surface area contributed by atoms with Crippen LogP contribution >= 0.6 is 24.0 Å². The van der Waals surface area contributed by atoms with Crippen LogP contribution in [0.2, 0.25) is 0 Å². The summed E-state index contributed by atoms with van der Waals surface area (Å²) in [7, 11) is 3.36. The standard InChI is InChI=1S/C14H23FN4O2.HI/c1-19(2)13(20)11-18-14(16-8-4-7-15)17-9-6-12-5-3-10-21-12;/h3,5,10H,4,6-9,11H2,1-2H3,(H2,16,17,18);1H. The van der Waals surface area contributed by atoms with E-state index in [2.05, 4.69) is 15.6 Å². The van der Waals surface area contributed by atoms with Crippen LogP contribution in [0.3, 0.4) is 0 Å². The van der Waals surface area contributed by atoms with Gasteiger partial charge in [-0.05, 0) is 18.6 Å². The molecule has 0 bridgehead atoms. The quantitative estimate of drug-likeness (QED) is 0.286. The fourth-order valence-corrected chi connectivity index (χ4v) is 1.49. The molecule has 0 saturated heterocycles. The summed E-state index contributed by atoms with van der Waals surface area (Å²) in [5, 5.41) is 6.09. The van der Waals surface area contributed by atoms with E-state index in [9.17, 15) is 9.18 Å². The molecule has 6 nitrogen and oxygen atoms in total. The zero-order chi connectivity index (χ0) is 15.5. The van der Waals surface area contributed by atoms with Gasteiger partial charge in [-0.25, -0.2) is 4.99 Å². The molecule has 0 unspecified atom stereocenters. The topological polar surface area (TPSA) is 69.9 Å². The highest BCUT2D eigenvalue weighted by Crippen LogP contribution is 1.99. The second kappa shape index (κ2) is 12.2. The number of nitrogens with one attached hydrogen (secondary N) is 2. The largest absolute Gasteiger partial charge is 0.469 e. The van der Waals surface area contributed by atoms with Gasteiger partial charge in [0.25, 0.3) is 0 Å². The normalized spacial score (nSPS) is 10.8. The molecule has 1 aromatic rings. The molecule has 0 atom stereocenters. The Morgan fingerprint density at radius 1 is 1.36 bits per heavy atom. The number of carbonyl (C=O) groups excluding carboxylic acids is 1. The van der Waals surface area contributed by atoms with Crippen molar-refractivity contribution in [3.8, 4) is 0 Å². The first-order valence-corrected chi connectivity index (χ1v) is 6.94. The Morgan fingerprint density at radius 2 is 2.09 bits per heavy atom. The molecule has 8 heteroatoms. The summed E-state index contributed by atoms with van der Waals surface area (Å²) >= 11 is 0. The van der Waals surface area contributed by atoms with Crippen LogP contribution in [0.5, 0.6) is 0 Å². The summed E-state index contributed by atoms with van der Waals surface area (Å²) in [6.07, 6.45) is 2.73. The monoisotopic (exact) mass is 426 g/mol. The highest BCUT2D eigenvalue weighted by molar-refractivity contribution is 14.0. The summed E-state index contributed by atoms with van der Waals surface area (Å²) in [4.78, 5) is 17.2. The predicted molar refractivity (Wildman–Crippen MR) is 95.4 cm³/mol. The molecule has 1 heterocycles. The van der Waals surface area contributed by atoms with Crippen LogP contribution in [0.15, 0.2) is 27.8 Å². The van der Waals surface area contributed by atoms with Crippen LogP contribution in [0, 0.1) is 0 Å². The smallest absolute Gasteiger partial charge is 0.243 e. The summed E-state index contributed by atoms with van der Waals surface area (Å²) in [5.74, 6) is 1.29. The van der Waals surface area contributed by atoms with Crippen LogP contribution in [-0.2, 0) is 11.2 Å². The van der Waals surface area contributed by atoms with E-state index in [-0.39, 0.29) is 43.1 Å². The predicted octanol–water partition coefficient (Wildman–Crippen LogP) is 1.42. The number of carbonyl (C=O) groups is 1. The van der Waals surface area contributed by atoms with Crippen LogP contribution in [0.1, 0.15) is 12.2 Å². The molecular weight excluding hydrogens is 402 g/mol. The van der Waals surface area contributed by atoms with Crippen LogP contribution < -0.4 is 10.6 Å². The number of rotatable bonds is 8. The number of hydrogen-bond donors (Lipinski definition) is 2. The number of aliphatic imine (C=N–C) groups is 1. The van der Waals surface area contributed by atoms with Gasteiger partial charge in [0.1, 0.15) is 12.3 Å². The van der Waals surface area contributed by atoms with Gasteiger partial charge < -0.3 is 20.0 Å². The van der Waals surface area contributed by atoms with Gasteiger partial charge in [0.15, 0.2) is 5.96 Å². The molecule has 1 aromatic heterocycles. The Morgan fingerprint density at radius 3 is 2.68 bits per heavy atom. The van der Waals surface area contributed by atoms with Crippen LogP contribution in [0.4, 0.5) is 4.39 Å². The van der Waals surface area contributed by atoms with E-state index < -0.39 is 0 Å². The van der Waals surface area contributed by atoms with Crippen molar-refractivity contribution in [1.29, 1.82) is 0 Å². The minimum Gasteiger partial charge on any atom is -0.469 e. The third-order valence-electron chi connectivity index (χ3n) is 2.72. The lowest BCUT2D eigenvalue weighted by atomic mass is 10.3. The molecule has 0 fully saturated rings. The van der Waals surface area contributed by atoms with Gasteiger partial charge >= 0.3 is 0 Å². The minimum atomic E-state index is -0.386. The zero-order valence-electron chi connectivity index (χ0n) is 13.0. The number of amides is 1. The van der Waals surface area contributed by atoms with E-state index in [0.29, 0.717) is 31.9 Å². The molecule has 1 amide bonds. The summed E-state index contributed by atoms with van der Waals surface area (Å²) in [6.45, 7) is 0.756. The lowest BCUT2D eigenvalue weighted by Crippen LogP contribution is -2.40. The number of likely N-dealkylation sites (N-methyl/N-ethyl adjacent to an activating group) is 1. The van der Waals surface area contributed by atoms with E-state index in [1.54, 1.807) is 20.4 Å². The van der Waals surface area contributed by atoms with Gasteiger partial charge in [-0.3, -0.25) is 9.18 Å². The Hall–Kier alpha value is -1.32. The molecule has 126 valence electrons. The van der Waals surface area contributed by atoms with Crippen molar-refractivity contribution in [2.75, 3.05) is 40.4 Å². The SMILES string of the molecule is CN(C)C(=O)CN=C(NCCCF)NCCc1ccco1.I. The first kappa shape index (κ1) is 20.7. The Balaban J connectivity index is 0.00000441. The van der Waals surface area contributed by atoms with E-state index in [1.807, 2.05) is 12.1 Å². The first-order chi connectivity index (χ1) is 10.1. The van der Waals surface area contributed by atoms with Crippen molar-refractivity contribution in [2.45, 2.75) is 12.8 Å². The first-order valence-electron chi connectivity index (χ1n) is 6.94. The number of hydrogen-bond acceptors (Lipinski definition) is 3. The molecule has 0 aliphatic rings. The number of guanidine groups is 1. The van der Waals surface area contributed by atoms with Gasteiger partial charge in [0, 0.05) is 33.6 Å². The molecule has 0 aliphatic carbocycles. The minimum absolute atomic E-state index is 0. The van der Waals surface area contributed by atoms with Gasteiger partial charge in [-0.15, -0.1) is 24.0 Å². The van der Waals surface area contributed by atoms with Gasteiger partial charge in [0.05, 0.1) is 12.9 Å². The van der Waals surface area contributed by atoms with Crippen molar-refractivity contribution >= 4 is 35.8 Å². The van der Waals surface area contributed by atoms with Gasteiger partial charge in [-0.1, -0.05) is 0 Å². The van der Waals surface area contributed by atoms with E-state index >= 15 is 0 Å². The third-order valence-corrected chi connectivity index (χ3v) is 2.72. The van der Waals surface area contributed by atoms with Crippen molar-refractivity contribution in [1.82, 2.24) is 15.5 Å². The molecule has 1 rings (SSSR count). The van der Waals surface area contributed by atoms with Gasteiger partial charge in [0.2, 0.25) is 5.91 Å². The molecule has 0 spiro atoms. The second-order valence-electron chi connectivity index (χ2n) is 4.68. The Labute approximate surface area is 147 Å². The summed E-state index contributed by atoms with van der Waals surface area (Å²) in [6, 6.07) is 3.73. The van der Waals surface area contributed by atoms with Gasteiger partial charge in [-0.2, -0.15) is 0 Å². The lowest BCUT2D eigenvalue weighted by Gasteiger charge is -2.13. The van der Waals surface area contributed by atoms with E-state index in [4.69, 9.17) is 4.42 Å². The fraction of sp³-hybridized carbons (Fsp3) is 0.571. The number of nitrogens with zero attached hydrogens (tertiary/aromatic N) is 2. The maximum Gasteiger partial charge on any atom is 0.243 e. The van der Waals surface area contributed by atoms with Crippen LogP contribution in [-0.4, -0.2) is 57.2 Å². The summed E-state index contributed by atoms with van der Waals surface area (Å²) in [5.41, 5.74) is 0. The summed E-state index contributed by atoms with van der Waals surface area (Å²) < 4.78 is 17.4. The maximum absolute atomic E-state index is 12.1. The van der Waals surface area contributed by atoms with E-state index in [0.717, 1.165) is 5.76 Å². The number of halogens is 2. The molecule has 0 aliphatic heterocycles. The molecule has 22 heavy (non-hydrogen) atoms. The molecule has 0 saturated carbocycles. The maximum atomic E-state index is 12.1. The molecule has 0 radical (unpaired) electrons. The lowest BCUT2D eigenvalue weighted by molar-refractivity contribution is -0.127. The Kier molecular flexibility index (Phi) is 11.5. The zero-order valence-corrected chi connectivity index (χ0v) is 15.3. The fourth-order valence-electron chi connectivity index (χ4n) is 1.49. The molecular formula is C14H24FIN4O2. The number of alkyl halides is 1. The second-order valence-corrected chi connectivity index (χ2v) is 4.68. The molecule has 0 aromatic carbocycles. The number of furan rings is 1. The van der Waals surface area contributed by atoms with Crippen LogP contribution in [0.25, 0.3) is 0 Å². The van der Waals surface area contributed by atoms with E-state index in [1.165, 1.54) is 4.90 Å². The highest BCUT2D eigenvalue weighted by atomic mass is 127. The van der Waals surface area contributed by atoms with Crippen molar-refractivity contribution < 1.29 is 13.6 Å². The average Bonchev–Trinajstić information content (AvgIpc) is 2.97. The average molecular weight is 426 g/mol. The van der Waals surface area contributed by atoms with Crippen molar-refractivity contribution in [2.24, 2.45) is 4.99 Å². The van der Waals surface area contributed by atoms with Crippen molar-refractivity contribution in [3.63, 3.8) is 0 Å². The Bertz CT molecular complexity index is 438. The molecule has 2 N–H and O–H groups in total. The van der Waals surface area contributed by atoms with Crippen molar-refractivity contribution in [3.05, 3.63) is 24.2 Å². The third kappa shape index (κ3) is 8.85.